The van der Waals surface area contributed by atoms with Crippen molar-refractivity contribution >= 4 is 11.6 Å². The van der Waals surface area contributed by atoms with E-state index in [-0.39, 0.29) is 29.9 Å². The minimum atomic E-state index is -4.50. The van der Waals surface area contributed by atoms with Crippen molar-refractivity contribution in [2.45, 2.75) is 50.2 Å². The van der Waals surface area contributed by atoms with Gasteiger partial charge in [0.25, 0.3) is 5.91 Å². The summed E-state index contributed by atoms with van der Waals surface area (Å²) < 4.78 is 66.5. The van der Waals surface area contributed by atoms with Crippen molar-refractivity contribution < 1.29 is 31.8 Å². The zero-order chi connectivity index (χ0) is 25.6. The predicted molar refractivity (Wildman–Crippen MR) is 119 cm³/mol. The molecule has 1 spiro atoms. The highest BCUT2D eigenvalue weighted by atomic mass is 19.4. The van der Waals surface area contributed by atoms with Gasteiger partial charge in [-0.25, -0.2) is 14.1 Å². The topological polar surface area (TPSA) is 91.2 Å². The molecule has 1 N–H and O–H groups in total. The second-order valence-electron chi connectivity index (χ2n) is 8.92. The first-order valence-corrected chi connectivity index (χ1v) is 11.4. The van der Waals surface area contributed by atoms with Gasteiger partial charge < -0.3 is 14.8 Å². The summed E-state index contributed by atoms with van der Waals surface area (Å²) >= 11 is 0. The number of hydrogen-bond donors (Lipinski definition) is 1. The van der Waals surface area contributed by atoms with Crippen molar-refractivity contribution in [3.8, 4) is 5.82 Å². The molecular formula is C24H23F4N5O3. The van der Waals surface area contributed by atoms with Crippen LogP contribution in [0.1, 0.15) is 53.0 Å². The van der Waals surface area contributed by atoms with Crippen LogP contribution in [0.5, 0.6) is 0 Å². The average Bonchev–Trinajstić information content (AvgIpc) is 3.48. The number of hydrogen-bond acceptors (Lipinski definition) is 6. The fourth-order valence-electron chi connectivity index (χ4n) is 4.54. The van der Waals surface area contributed by atoms with Crippen LogP contribution in [0, 0.1) is 6.92 Å². The number of amides is 1. The summed E-state index contributed by atoms with van der Waals surface area (Å²) in [6.07, 6.45) is 0.234. The maximum Gasteiger partial charge on any atom is 0.417 e. The lowest BCUT2D eigenvalue weighted by Gasteiger charge is -2.38. The molecule has 1 saturated heterocycles. The van der Waals surface area contributed by atoms with E-state index in [0.29, 0.717) is 43.6 Å². The highest BCUT2D eigenvalue weighted by Crippen LogP contribution is 2.46. The number of nitrogens with zero attached hydrogens (tertiary/aromatic N) is 4. The second kappa shape index (κ2) is 8.93. The lowest BCUT2D eigenvalue weighted by molar-refractivity contribution is -0.195. The van der Waals surface area contributed by atoms with E-state index in [1.807, 2.05) is 0 Å². The number of ether oxygens (including phenoxy) is 2. The number of aromatic nitrogens is 4. The molecule has 12 heteroatoms. The van der Waals surface area contributed by atoms with Crippen LogP contribution in [0.2, 0.25) is 0 Å². The third-order valence-electron chi connectivity index (χ3n) is 6.64. The standard InChI is InChI=1S/C24H23F4N5O3/c1-15-18(14-31-33(15)20-5-2-16(12-30-20)24(26,27)28)21(34)32-17-3-4-19(29-13-17)22(25)6-8-23(9-7-22)35-10-11-36-23/h2-5,12-14H,6-11H2,1H3,(H,32,34). The smallest absolute Gasteiger partial charge is 0.348 e. The van der Waals surface area contributed by atoms with E-state index in [1.165, 1.54) is 23.1 Å². The summed E-state index contributed by atoms with van der Waals surface area (Å²) in [5.74, 6) is -1.03. The lowest BCUT2D eigenvalue weighted by Crippen LogP contribution is -2.40. The summed E-state index contributed by atoms with van der Waals surface area (Å²) in [7, 11) is 0. The van der Waals surface area contributed by atoms with Crippen molar-refractivity contribution in [1.82, 2.24) is 19.7 Å². The fraction of sp³-hybridized carbons (Fsp3) is 0.417. The molecule has 36 heavy (non-hydrogen) atoms. The third-order valence-corrected chi connectivity index (χ3v) is 6.64. The van der Waals surface area contributed by atoms with Crippen LogP contribution < -0.4 is 5.32 Å². The van der Waals surface area contributed by atoms with Gasteiger partial charge in [0.1, 0.15) is 0 Å². The molecule has 2 fully saturated rings. The molecule has 190 valence electrons. The summed E-state index contributed by atoms with van der Waals surface area (Å²) in [4.78, 5) is 20.8. The number of halogens is 4. The molecule has 8 nitrogen and oxygen atoms in total. The van der Waals surface area contributed by atoms with E-state index in [2.05, 4.69) is 20.4 Å². The molecule has 1 saturated carbocycles. The third kappa shape index (κ3) is 4.58. The first-order valence-electron chi connectivity index (χ1n) is 11.4. The SMILES string of the molecule is Cc1c(C(=O)Nc2ccc(C3(F)CCC4(CC3)OCCO4)nc2)cnn1-c1ccc(C(F)(F)F)cn1. The number of rotatable bonds is 4. The Morgan fingerprint density at radius 2 is 1.72 bits per heavy atom. The number of nitrogens with one attached hydrogen (secondary N) is 1. The summed E-state index contributed by atoms with van der Waals surface area (Å²) in [6.45, 7) is 2.64. The summed E-state index contributed by atoms with van der Waals surface area (Å²) in [5.41, 5.74) is -1.24. The Hall–Kier alpha value is -3.38. The first-order chi connectivity index (χ1) is 17.1. The number of anilines is 1. The maximum atomic E-state index is 15.6. The zero-order valence-corrected chi connectivity index (χ0v) is 19.3. The molecular weight excluding hydrogens is 482 g/mol. The minimum absolute atomic E-state index is 0.140. The van der Waals surface area contributed by atoms with Gasteiger partial charge in [-0.05, 0) is 44.0 Å². The minimum Gasteiger partial charge on any atom is -0.348 e. The van der Waals surface area contributed by atoms with Gasteiger partial charge >= 0.3 is 6.18 Å². The van der Waals surface area contributed by atoms with Crippen LogP contribution in [0.3, 0.4) is 0 Å². The molecule has 3 aromatic heterocycles. The van der Waals surface area contributed by atoms with Crippen molar-refractivity contribution in [2.24, 2.45) is 0 Å². The highest BCUT2D eigenvalue weighted by molar-refractivity contribution is 6.04. The van der Waals surface area contributed by atoms with Gasteiger partial charge in [-0.2, -0.15) is 18.3 Å². The molecule has 1 aliphatic heterocycles. The van der Waals surface area contributed by atoms with Crippen LogP contribution in [0.25, 0.3) is 5.82 Å². The predicted octanol–water partition coefficient (Wildman–Crippen LogP) is 4.72. The second-order valence-corrected chi connectivity index (χ2v) is 8.92. The molecule has 5 rings (SSSR count). The molecule has 0 aromatic carbocycles. The van der Waals surface area contributed by atoms with Crippen molar-refractivity contribution in [2.75, 3.05) is 18.5 Å². The number of carbonyl (C=O) groups excluding carboxylic acids is 1. The average molecular weight is 505 g/mol. The fourth-order valence-corrected chi connectivity index (χ4v) is 4.54. The van der Waals surface area contributed by atoms with Gasteiger partial charge in [-0.3, -0.25) is 9.78 Å². The number of alkyl halides is 4. The van der Waals surface area contributed by atoms with Gasteiger partial charge in [0.05, 0.1) is 53.8 Å². The molecule has 1 aliphatic carbocycles. The normalized spacial score (nSPS) is 18.9. The molecule has 0 atom stereocenters. The van der Waals surface area contributed by atoms with Crippen LogP contribution in [-0.4, -0.2) is 44.7 Å². The van der Waals surface area contributed by atoms with Gasteiger partial charge in [0.15, 0.2) is 17.3 Å². The van der Waals surface area contributed by atoms with Gasteiger partial charge in [0, 0.05) is 19.0 Å². The molecule has 0 bridgehead atoms. The summed E-state index contributed by atoms with van der Waals surface area (Å²) in [5, 5.41) is 6.77. The molecule has 4 heterocycles. The maximum absolute atomic E-state index is 15.6. The van der Waals surface area contributed by atoms with Crippen LogP contribution in [-0.2, 0) is 21.3 Å². The lowest BCUT2D eigenvalue weighted by atomic mass is 9.80. The highest BCUT2D eigenvalue weighted by Gasteiger charge is 2.48. The van der Waals surface area contributed by atoms with Gasteiger partial charge in [-0.1, -0.05) is 0 Å². The molecule has 0 unspecified atom stereocenters. The Morgan fingerprint density at radius 3 is 2.31 bits per heavy atom. The number of pyridine rings is 2. The van der Waals surface area contributed by atoms with E-state index in [0.717, 1.165) is 6.07 Å². The Balaban J connectivity index is 1.25. The van der Waals surface area contributed by atoms with E-state index in [9.17, 15) is 18.0 Å². The zero-order valence-electron chi connectivity index (χ0n) is 19.3. The van der Waals surface area contributed by atoms with E-state index in [1.54, 1.807) is 19.1 Å². The first kappa shape index (κ1) is 24.3. The number of carbonyl (C=O) groups is 1. The van der Waals surface area contributed by atoms with Crippen LogP contribution in [0.4, 0.5) is 23.2 Å². The molecule has 2 aliphatic rings. The molecule has 0 radical (unpaired) electrons. The van der Waals surface area contributed by atoms with E-state index < -0.39 is 29.1 Å². The quantitative estimate of drug-likeness (QED) is 0.516. The van der Waals surface area contributed by atoms with Crippen molar-refractivity contribution in [3.05, 3.63) is 65.4 Å². The molecule has 1 amide bonds. The summed E-state index contributed by atoms with van der Waals surface area (Å²) in [6, 6.07) is 5.20. The van der Waals surface area contributed by atoms with Gasteiger partial charge in [0.2, 0.25) is 0 Å². The Labute approximate surface area is 203 Å². The van der Waals surface area contributed by atoms with Crippen LogP contribution >= 0.6 is 0 Å². The van der Waals surface area contributed by atoms with Crippen molar-refractivity contribution in [1.29, 1.82) is 0 Å². The van der Waals surface area contributed by atoms with E-state index >= 15 is 4.39 Å². The Kier molecular flexibility index (Phi) is 6.03. The largest absolute Gasteiger partial charge is 0.417 e. The van der Waals surface area contributed by atoms with Crippen LogP contribution in [0.15, 0.2) is 42.9 Å². The van der Waals surface area contributed by atoms with E-state index in [4.69, 9.17) is 9.47 Å². The Bertz CT molecular complexity index is 1240. The Morgan fingerprint density at radius 1 is 1.00 bits per heavy atom. The molecule has 3 aromatic rings. The monoisotopic (exact) mass is 505 g/mol. The van der Waals surface area contributed by atoms with Crippen molar-refractivity contribution in [3.63, 3.8) is 0 Å². The van der Waals surface area contributed by atoms with Gasteiger partial charge in [-0.15, -0.1) is 0 Å².